The Morgan fingerprint density at radius 2 is 1.78 bits per heavy atom. The molecule has 0 spiro atoms. The number of nitrogens with one attached hydrogen (secondary N) is 1. The zero-order valence-corrected chi connectivity index (χ0v) is 14.3. The van der Waals surface area contributed by atoms with Gasteiger partial charge in [0.25, 0.3) is 0 Å². The van der Waals surface area contributed by atoms with Gasteiger partial charge in [0.15, 0.2) is 0 Å². The lowest BCUT2D eigenvalue weighted by atomic mass is 10.1. The van der Waals surface area contributed by atoms with Gasteiger partial charge in [0.05, 0.1) is 0 Å². The molecule has 0 aliphatic carbocycles. The maximum Gasteiger partial charge on any atom is 0.317 e. The fourth-order valence-corrected chi connectivity index (χ4v) is 2.77. The third-order valence-electron chi connectivity index (χ3n) is 4.04. The van der Waals surface area contributed by atoms with Gasteiger partial charge >= 0.3 is 6.03 Å². The SMILES string of the molecule is Cc1cccc(CCC(=O)N2CCN(C(=O)NC(C)C)CC2)c1. The number of rotatable bonds is 4. The van der Waals surface area contributed by atoms with Crippen molar-refractivity contribution in [3.8, 4) is 0 Å². The minimum absolute atomic E-state index is 0.0353. The molecule has 0 aromatic heterocycles. The van der Waals surface area contributed by atoms with Crippen molar-refractivity contribution < 1.29 is 9.59 Å². The second-order valence-corrected chi connectivity index (χ2v) is 6.46. The monoisotopic (exact) mass is 317 g/mol. The van der Waals surface area contributed by atoms with Gasteiger partial charge in [-0.25, -0.2) is 4.79 Å². The number of urea groups is 1. The highest BCUT2D eigenvalue weighted by molar-refractivity contribution is 5.78. The molecule has 1 fully saturated rings. The molecule has 23 heavy (non-hydrogen) atoms. The number of amides is 3. The van der Waals surface area contributed by atoms with Gasteiger partial charge in [0, 0.05) is 38.6 Å². The normalized spacial score (nSPS) is 15.0. The van der Waals surface area contributed by atoms with E-state index in [1.54, 1.807) is 4.90 Å². The van der Waals surface area contributed by atoms with Gasteiger partial charge < -0.3 is 15.1 Å². The first kappa shape index (κ1) is 17.3. The molecule has 0 radical (unpaired) electrons. The molecule has 2 rings (SSSR count). The molecule has 0 unspecified atom stereocenters. The number of hydrogen-bond donors (Lipinski definition) is 1. The van der Waals surface area contributed by atoms with Crippen LogP contribution < -0.4 is 5.32 Å². The Labute approximate surface area is 138 Å². The number of hydrogen-bond acceptors (Lipinski definition) is 2. The molecule has 1 aromatic rings. The molecule has 1 aliphatic heterocycles. The van der Waals surface area contributed by atoms with E-state index in [0.29, 0.717) is 32.6 Å². The van der Waals surface area contributed by atoms with Crippen LogP contribution in [0.4, 0.5) is 4.79 Å². The smallest absolute Gasteiger partial charge is 0.317 e. The van der Waals surface area contributed by atoms with Gasteiger partial charge in [0.2, 0.25) is 5.91 Å². The van der Waals surface area contributed by atoms with Crippen molar-refractivity contribution in [3.05, 3.63) is 35.4 Å². The van der Waals surface area contributed by atoms with Crippen LogP contribution in [0.5, 0.6) is 0 Å². The van der Waals surface area contributed by atoms with E-state index in [-0.39, 0.29) is 18.0 Å². The Hall–Kier alpha value is -2.04. The Morgan fingerprint density at radius 1 is 1.13 bits per heavy atom. The van der Waals surface area contributed by atoms with Crippen LogP contribution in [0, 0.1) is 6.92 Å². The molecule has 5 heteroatoms. The summed E-state index contributed by atoms with van der Waals surface area (Å²) in [5.41, 5.74) is 2.42. The maximum atomic E-state index is 12.3. The first-order chi connectivity index (χ1) is 11.0. The minimum Gasteiger partial charge on any atom is -0.339 e. The molecule has 0 bridgehead atoms. The molecule has 0 saturated carbocycles. The van der Waals surface area contributed by atoms with Crippen LogP contribution in [-0.2, 0) is 11.2 Å². The van der Waals surface area contributed by atoms with Gasteiger partial charge in [-0.3, -0.25) is 4.79 Å². The number of carbonyl (C=O) groups excluding carboxylic acids is 2. The highest BCUT2D eigenvalue weighted by Gasteiger charge is 2.23. The lowest BCUT2D eigenvalue weighted by Gasteiger charge is -2.35. The van der Waals surface area contributed by atoms with E-state index < -0.39 is 0 Å². The third-order valence-corrected chi connectivity index (χ3v) is 4.04. The van der Waals surface area contributed by atoms with E-state index >= 15 is 0 Å². The fraction of sp³-hybridized carbons (Fsp3) is 0.556. The molecule has 126 valence electrons. The van der Waals surface area contributed by atoms with Gasteiger partial charge in [-0.05, 0) is 32.8 Å². The average Bonchev–Trinajstić information content (AvgIpc) is 2.52. The minimum atomic E-state index is -0.0353. The summed E-state index contributed by atoms with van der Waals surface area (Å²) >= 11 is 0. The summed E-state index contributed by atoms with van der Waals surface area (Å²) in [5.74, 6) is 0.176. The topological polar surface area (TPSA) is 52.7 Å². The Kier molecular flexibility index (Phi) is 6.02. The molecule has 1 aliphatic rings. The van der Waals surface area contributed by atoms with E-state index in [9.17, 15) is 9.59 Å². The van der Waals surface area contributed by atoms with Gasteiger partial charge in [-0.15, -0.1) is 0 Å². The molecule has 5 nitrogen and oxygen atoms in total. The number of benzene rings is 1. The van der Waals surface area contributed by atoms with Crippen molar-refractivity contribution in [3.63, 3.8) is 0 Å². The molecule has 3 amide bonds. The summed E-state index contributed by atoms with van der Waals surface area (Å²) in [6, 6.07) is 8.38. The molecular formula is C18H27N3O2. The second-order valence-electron chi connectivity index (χ2n) is 6.46. The maximum absolute atomic E-state index is 12.3. The summed E-state index contributed by atoms with van der Waals surface area (Å²) in [6.07, 6.45) is 1.30. The van der Waals surface area contributed by atoms with Crippen LogP contribution in [-0.4, -0.2) is 54.0 Å². The van der Waals surface area contributed by atoms with E-state index in [2.05, 4.69) is 30.4 Å². The van der Waals surface area contributed by atoms with E-state index in [0.717, 1.165) is 6.42 Å². The van der Waals surface area contributed by atoms with Crippen molar-refractivity contribution in [2.75, 3.05) is 26.2 Å². The van der Waals surface area contributed by atoms with E-state index in [1.165, 1.54) is 11.1 Å². The molecule has 1 aromatic carbocycles. The van der Waals surface area contributed by atoms with E-state index in [1.807, 2.05) is 24.8 Å². The number of piperazine rings is 1. The highest BCUT2D eigenvalue weighted by atomic mass is 16.2. The second kappa shape index (κ2) is 7.99. The molecular weight excluding hydrogens is 290 g/mol. The van der Waals surface area contributed by atoms with Crippen LogP contribution in [0.2, 0.25) is 0 Å². The molecule has 1 saturated heterocycles. The summed E-state index contributed by atoms with van der Waals surface area (Å²) in [6.45, 7) is 8.42. The highest BCUT2D eigenvalue weighted by Crippen LogP contribution is 2.10. The fourth-order valence-electron chi connectivity index (χ4n) is 2.77. The van der Waals surface area contributed by atoms with Gasteiger partial charge in [0.1, 0.15) is 0 Å². The third kappa shape index (κ3) is 5.27. The lowest BCUT2D eigenvalue weighted by molar-refractivity contribution is -0.132. The van der Waals surface area contributed by atoms with Crippen LogP contribution in [0.15, 0.2) is 24.3 Å². The lowest BCUT2D eigenvalue weighted by Crippen LogP contribution is -2.54. The first-order valence-corrected chi connectivity index (χ1v) is 8.34. The number of nitrogens with zero attached hydrogens (tertiary/aromatic N) is 2. The molecule has 1 heterocycles. The van der Waals surface area contributed by atoms with E-state index in [4.69, 9.17) is 0 Å². The number of aryl methyl sites for hydroxylation is 2. The first-order valence-electron chi connectivity index (χ1n) is 8.34. The Balaban J connectivity index is 1.76. The standard InChI is InChI=1S/C18H27N3O2/c1-14(2)19-18(23)21-11-9-20(10-12-21)17(22)8-7-16-6-4-5-15(3)13-16/h4-6,13-14H,7-12H2,1-3H3,(H,19,23). The number of carbonyl (C=O) groups is 2. The Morgan fingerprint density at radius 3 is 2.39 bits per heavy atom. The molecule has 0 atom stereocenters. The summed E-state index contributed by atoms with van der Waals surface area (Å²) < 4.78 is 0. The van der Waals surface area contributed by atoms with Crippen molar-refractivity contribution in [1.82, 2.24) is 15.1 Å². The summed E-state index contributed by atoms with van der Waals surface area (Å²) in [5, 5.41) is 2.89. The zero-order valence-electron chi connectivity index (χ0n) is 14.3. The van der Waals surface area contributed by atoms with Crippen LogP contribution in [0.1, 0.15) is 31.4 Å². The van der Waals surface area contributed by atoms with Crippen LogP contribution in [0.25, 0.3) is 0 Å². The largest absolute Gasteiger partial charge is 0.339 e. The van der Waals surface area contributed by atoms with Gasteiger partial charge in [-0.2, -0.15) is 0 Å². The van der Waals surface area contributed by atoms with Crippen molar-refractivity contribution in [2.24, 2.45) is 0 Å². The predicted octanol–water partition coefficient (Wildman–Crippen LogP) is 2.19. The van der Waals surface area contributed by atoms with Crippen LogP contribution in [0.3, 0.4) is 0 Å². The summed E-state index contributed by atoms with van der Waals surface area (Å²) in [4.78, 5) is 27.9. The average molecular weight is 317 g/mol. The van der Waals surface area contributed by atoms with Crippen molar-refractivity contribution in [1.29, 1.82) is 0 Å². The quantitative estimate of drug-likeness (QED) is 0.925. The van der Waals surface area contributed by atoms with Crippen LogP contribution >= 0.6 is 0 Å². The summed E-state index contributed by atoms with van der Waals surface area (Å²) in [7, 11) is 0. The van der Waals surface area contributed by atoms with Crippen molar-refractivity contribution >= 4 is 11.9 Å². The van der Waals surface area contributed by atoms with Gasteiger partial charge in [-0.1, -0.05) is 29.8 Å². The zero-order chi connectivity index (χ0) is 16.8. The van der Waals surface area contributed by atoms with Crippen molar-refractivity contribution in [2.45, 2.75) is 39.7 Å². The molecule has 1 N–H and O–H groups in total. The predicted molar refractivity (Wildman–Crippen MR) is 91.3 cm³/mol. The Bertz CT molecular complexity index is 549.